The van der Waals surface area contributed by atoms with Gasteiger partial charge in [0.25, 0.3) is 0 Å². The van der Waals surface area contributed by atoms with Crippen molar-refractivity contribution in [3.05, 3.63) is 0 Å². The van der Waals surface area contributed by atoms with E-state index in [-0.39, 0.29) is 5.91 Å². The first-order valence-electron chi connectivity index (χ1n) is 7.17. The number of nitrogens with zero attached hydrogens (tertiary/aromatic N) is 2. The standard InChI is InChI=1S/C14H29N3O/c1-6-15-14(3,4)13(18)16(5)12-8-10-17(7-2)11-9-12/h12,15H,6-11H2,1-5H3. The summed E-state index contributed by atoms with van der Waals surface area (Å²) in [6.07, 6.45) is 2.19. The summed E-state index contributed by atoms with van der Waals surface area (Å²) in [7, 11) is 1.95. The fourth-order valence-electron chi connectivity index (χ4n) is 2.75. The molecule has 0 aliphatic carbocycles. The summed E-state index contributed by atoms with van der Waals surface area (Å²) in [5.41, 5.74) is -0.453. The van der Waals surface area contributed by atoms with Gasteiger partial charge in [0.2, 0.25) is 5.91 Å². The maximum absolute atomic E-state index is 12.5. The van der Waals surface area contributed by atoms with Crippen molar-refractivity contribution < 1.29 is 4.79 Å². The Bertz CT molecular complexity index is 270. The Morgan fingerprint density at radius 1 is 1.33 bits per heavy atom. The molecule has 0 saturated carbocycles. The molecule has 1 N–H and O–H groups in total. The van der Waals surface area contributed by atoms with Gasteiger partial charge >= 0.3 is 0 Å². The van der Waals surface area contributed by atoms with Crippen molar-refractivity contribution in [1.82, 2.24) is 15.1 Å². The number of likely N-dealkylation sites (tertiary alicyclic amines) is 1. The third kappa shape index (κ3) is 3.69. The van der Waals surface area contributed by atoms with Gasteiger partial charge in [-0.3, -0.25) is 4.79 Å². The molecule has 0 aromatic carbocycles. The number of piperidine rings is 1. The Kier molecular flexibility index (Phi) is 5.60. The molecule has 1 heterocycles. The largest absolute Gasteiger partial charge is 0.341 e. The molecule has 0 aromatic heterocycles. The zero-order valence-corrected chi connectivity index (χ0v) is 12.6. The monoisotopic (exact) mass is 255 g/mol. The second kappa shape index (κ2) is 6.53. The van der Waals surface area contributed by atoms with Gasteiger partial charge in [-0.1, -0.05) is 13.8 Å². The highest BCUT2D eigenvalue weighted by molar-refractivity contribution is 5.85. The minimum absolute atomic E-state index is 0.208. The van der Waals surface area contributed by atoms with Crippen LogP contribution in [0.1, 0.15) is 40.5 Å². The number of nitrogens with one attached hydrogen (secondary N) is 1. The molecule has 1 aliphatic rings. The van der Waals surface area contributed by atoms with Crippen molar-refractivity contribution >= 4 is 5.91 Å². The van der Waals surface area contributed by atoms with Gasteiger partial charge in [0.15, 0.2) is 0 Å². The topological polar surface area (TPSA) is 35.6 Å². The number of hydrogen-bond donors (Lipinski definition) is 1. The molecule has 0 aromatic rings. The highest BCUT2D eigenvalue weighted by Crippen LogP contribution is 2.18. The molecule has 1 saturated heterocycles. The van der Waals surface area contributed by atoms with E-state index in [1.807, 2.05) is 32.7 Å². The van der Waals surface area contributed by atoms with Gasteiger partial charge in [0.1, 0.15) is 0 Å². The minimum atomic E-state index is -0.453. The molecule has 0 unspecified atom stereocenters. The van der Waals surface area contributed by atoms with Crippen LogP contribution in [-0.2, 0) is 4.79 Å². The fourth-order valence-corrected chi connectivity index (χ4v) is 2.75. The second-order valence-electron chi connectivity index (χ2n) is 5.74. The molecule has 4 nitrogen and oxygen atoms in total. The first kappa shape index (κ1) is 15.4. The maximum atomic E-state index is 12.5. The summed E-state index contributed by atoms with van der Waals surface area (Å²) in [4.78, 5) is 16.9. The zero-order chi connectivity index (χ0) is 13.8. The highest BCUT2D eigenvalue weighted by Gasteiger charge is 2.33. The average molecular weight is 255 g/mol. The fraction of sp³-hybridized carbons (Fsp3) is 0.929. The van der Waals surface area contributed by atoms with E-state index in [0.29, 0.717) is 6.04 Å². The molecule has 0 radical (unpaired) electrons. The van der Waals surface area contributed by atoms with E-state index >= 15 is 0 Å². The lowest BCUT2D eigenvalue weighted by molar-refractivity contribution is -0.138. The van der Waals surface area contributed by atoms with Gasteiger partial charge in [0.05, 0.1) is 5.54 Å². The van der Waals surface area contributed by atoms with Crippen LogP contribution in [-0.4, -0.2) is 60.5 Å². The molecular formula is C14H29N3O. The zero-order valence-electron chi connectivity index (χ0n) is 12.6. The van der Waals surface area contributed by atoms with E-state index in [9.17, 15) is 4.79 Å². The van der Waals surface area contributed by atoms with Crippen LogP contribution in [0.15, 0.2) is 0 Å². The third-order valence-corrected chi connectivity index (χ3v) is 4.03. The summed E-state index contributed by atoms with van der Waals surface area (Å²) in [6, 6.07) is 0.401. The quantitative estimate of drug-likeness (QED) is 0.805. The van der Waals surface area contributed by atoms with E-state index in [1.165, 1.54) is 0 Å². The van der Waals surface area contributed by atoms with Crippen LogP contribution in [0.5, 0.6) is 0 Å². The molecule has 0 bridgehead atoms. The van der Waals surface area contributed by atoms with E-state index in [0.717, 1.165) is 39.0 Å². The second-order valence-corrected chi connectivity index (χ2v) is 5.74. The molecule has 4 heteroatoms. The molecular weight excluding hydrogens is 226 g/mol. The van der Waals surface area contributed by atoms with Gasteiger partial charge in [-0.2, -0.15) is 0 Å². The average Bonchev–Trinajstić information content (AvgIpc) is 2.37. The predicted octanol–water partition coefficient (Wildman–Crippen LogP) is 1.32. The molecule has 1 fully saturated rings. The molecule has 1 aliphatic heterocycles. The lowest BCUT2D eigenvalue weighted by atomic mass is 9.98. The molecule has 0 atom stereocenters. The highest BCUT2D eigenvalue weighted by atomic mass is 16.2. The Morgan fingerprint density at radius 3 is 2.33 bits per heavy atom. The Morgan fingerprint density at radius 2 is 1.89 bits per heavy atom. The van der Waals surface area contributed by atoms with Crippen molar-refractivity contribution in [2.45, 2.75) is 52.1 Å². The van der Waals surface area contributed by atoms with Crippen molar-refractivity contribution in [1.29, 1.82) is 0 Å². The van der Waals surface area contributed by atoms with Crippen LogP contribution in [0.25, 0.3) is 0 Å². The summed E-state index contributed by atoms with van der Waals surface area (Å²) in [5.74, 6) is 0.208. The first-order valence-corrected chi connectivity index (χ1v) is 7.17. The van der Waals surface area contributed by atoms with Crippen molar-refractivity contribution in [3.63, 3.8) is 0 Å². The third-order valence-electron chi connectivity index (χ3n) is 4.03. The van der Waals surface area contributed by atoms with E-state index in [2.05, 4.69) is 17.1 Å². The van der Waals surface area contributed by atoms with Crippen LogP contribution in [0.4, 0.5) is 0 Å². The first-order chi connectivity index (χ1) is 8.42. The van der Waals surface area contributed by atoms with Crippen LogP contribution < -0.4 is 5.32 Å². The lowest BCUT2D eigenvalue weighted by Gasteiger charge is -2.39. The summed E-state index contributed by atoms with van der Waals surface area (Å²) in [6.45, 7) is 12.3. The van der Waals surface area contributed by atoms with E-state index < -0.39 is 5.54 Å². The summed E-state index contributed by atoms with van der Waals surface area (Å²) >= 11 is 0. The number of likely N-dealkylation sites (N-methyl/N-ethyl adjacent to an activating group) is 2. The smallest absolute Gasteiger partial charge is 0.242 e. The van der Waals surface area contributed by atoms with Crippen LogP contribution in [0.3, 0.4) is 0 Å². The van der Waals surface area contributed by atoms with Crippen LogP contribution >= 0.6 is 0 Å². The number of hydrogen-bond acceptors (Lipinski definition) is 3. The maximum Gasteiger partial charge on any atom is 0.242 e. The Labute approximate surface area is 112 Å². The lowest BCUT2D eigenvalue weighted by Crippen LogP contribution is -2.56. The van der Waals surface area contributed by atoms with Crippen molar-refractivity contribution in [2.75, 3.05) is 33.2 Å². The van der Waals surface area contributed by atoms with E-state index in [1.54, 1.807) is 0 Å². The van der Waals surface area contributed by atoms with Gasteiger partial charge in [-0.15, -0.1) is 0 Å². The number of amides is 1. The van der Waals surface area contributed by atoms with Crippen LogP contribution in [0.2, 0.25) is 0 Å². The number of carbonyl (C=O) groups is 1. The normalized spacial score (nSPS) is 18.9. The van der Waals surface area contributed by atoms with Crippen molar-refractivity contribution in [2.24, 2.45) is 0 Å². The molecule has 1 amide bonds. The predicted molar refractivity (Wildman–Crippen MR) is 75.7 cm³/mol. The van der Waals surface area contributed by atoms with Gasteiger partial charge < -0.3 is 15.1 Å². The van der Waals surface area contributed by atoms with Crippen LogP contribution in [0, 0.1) is 0 Å². The van der Waals surface area contributed by atoms with Gasteiger partial charge in [-0.25, -0.2) is 0 Å². The summed E-state index contributed by atoms with van der Waals surface area (Å²) < 4.78 is 0. The minimum Gasteiger partial charge on any atom is -0.341 e. The van der Waals surface area contributed by atoms with Crippen molar-refractivity contribution in [3.8, 4) is 0 Å². The SMILES string of the molecule is CCNC(C)(C)C(=O)N(C)C1CCN(CC)CC1. The Hall–Kier alpha value is -0.610. The van der Waals surface area contributed by atoms with Gasteiger partial charge in [0, 0.05) is 26.2 Å². The number of carbonyl (C=O) groups excluding carboxylic acids is 1. The Balaban J connectivity index is 2.54. The molecule has 106 valence electrons. The number of rotatable bonds is 5. The molecule has 0 spiro atoms. The molecule has 18 heavy (non-hydrogen) atoms. The summed E-state index contributed by atoms with van der Waals surface area (Å²) in [5, 5.41) is 3.26. The van der Waals surface area contributed by atoms with E-state index in [4.69, 9.17) is 0 Å². The molecule has 1 rings (SSSR count). The van der Waals surface area contributed by atoms with Gasteiger partial charge in [-0.05, 0) is 39.8 Å².